The van der Waals surface area contributed by atoms with Gasteiger partial charge in [-0.1, -0.05) is 6.92 Å². The zero-order chi connectivity index (χ0) is 14.4. The molecule has 1 saturated carbocycles. The van der Waals surface area contributed by atoms with Gasteiger partial charge in [0.15, 0.2) is 0 Å². The summed E-state index contributed by atoms with van der Waals surface area (Å²) in [6.45, 7) is 6.41. The highest BCUT2D eigenvalue weighted by Gasteiger charge is 2.20. The van der Waals surface area contributed by atoms with Gasteiger partial charge in [0.1, 0.15) is 17.5 Å². The van der Waals surface area contributed by atoms with Crippen molar-refractivity contribution in [1.82, 2.24) is 9.97 Å². The highest BCUT2D eigenvalue weighted by atomic mass is 16.5. The second kappa shape index (κ2) is 7.40. The summed E-state index contributed by atoms with van der Waals surface area (Å²) in [6, 6.07) is 0. The van der Waals surface area contributed by atoms with E-state index in [-0.39, 0.29) is 0 Å². The number of nitrogens with two attached hydrogens (primary N) is 1. The predicted octanol–water partition coefficient (Wildman–Crippen LogP) is 1.86. The van der Waals surface area contributed by atoms with Crippen LogP contribution in [0.4, 0.5) is 11.6 Å². The minimum Gasteiger partial charge on any atom is -0.379 e. The molecular formula is C14H25N5O. The van der Waals surface area contributed by atoms with Crippen molar-refractivity contribution < 1.29 is 4.74 Å². The Bertz CT molecular complexity index is 434. The number of hydrogen-bond donors (Lipinski definition) is 3. The van der Waals surface area contributed by atoms with Gasteiger partial charge in [0, 0.05) is 25.1 Å². The van der Waals surface area contributed by atoms with Gasteiger partial charge in [-0.25, -0.2) is 15.8 Å². The summed E-state index contributed by atoms with van der Waals surface area (Å²) in [7, 11) is 0. The van der Waals surface area contributed by atoms with E-state index in [1.165, 1.54) is 12.8 Å². The Morgan fingerprint density at radius 2 is 2.05 bits per heavy atom. The molecule has 0 bridgehead atoms. The average molecular weight is 279 g/mol. The molecule has 112 valence electrons. The molecule has 0 aliphatic heterocycles. The van der Waals surface area contributed by atoms with Gasteiger partial charge < -0.3 is 15.5 Å². The summed E-state index contributed by atoms with van der Waals surface area (Å²) in [6.07, 6.45) is 4.51. The first kappa shape index (κ1) is 15.0. The molecule has 20 heavy (non-hydrogen) atoms. The maximum absolute atomic E-state index is 5.61. The molecule has 0 saturated heterocycles. The predicted molar refractivity (Wildman–Crippen MR) is 80.6 cm³/mol. The van der Waals surface area contributed by atoms with E-state index in [9.17, 15) is 0 Å². The van der Waals surface area contributed by atoms with Crippen LogP contribution in [-0.2, 0) is 11.2 Å². The van der Waals surface area contributed by atoms with E-state index in [2.05, 4.69) is 27.6 Å². The molecule has 2 rings (SSSR count). The van der Waals surface area contributed by atoms with Crippen LogP contribution in [0.2, 0.25) is 0 Å². The zero-order valence-corrected chi connectivity index (χ0v) is 12.4. The minimum absolute atomic E-state index is 0.685. The lowest BCUT2D eigenvalue weighted by atomic mass is 10.2. The minimum atomic E-state index is 0.685. The van der Waals surface area contributed by atoms with Crippen LogP contribution in [0.25, 0.3) is 0 Å². The monoisotopic (exact) mass is 279 g/mol. The van der Waals surface area contributed by atoms with Crippen molar-refractivity contribution in [3.8, 4) is 0 Å². The average Bonchev–Trinajstić information content (AvgIpc) is 3.25. The van der Waals surface area contributed by atoms with Crippen LogP contribution >= 0.6 is 0 Å². The molecule has 6 heteroatoms. The molecule has 1 heterocycles. The van der Waals surface area contributed by atoms with Gasteiger partial charge >= 0.3 is 0 Å². The number of aryl methyl sites for hydroxylation is 1. The number of hydrogen-bond acceptors (Lipinski definition) is 6. The summed E-state index contributed by atoms with van der Waals surface area (Å²) in [4.78, 5) is 8.94. The number of nitrogens with zero attached hydrogens (tertiary/aromatic N) is 2. The van der Waals surface area contributed by atoms with Gasteiger partial charge in [0.2, 0.25) is 0 Å². The van der Waals surface area contributed by atoms with Crippen molar-refractivity contribution in [3.63, 3.8) is 0 Å². The van der Waals surface area contributed by atoms with Crippen molar-refractivity contribution in [3.05, 3.63) is 11.4 Å². The summed E-state index contributed by atoms with van der Waals surface area (Å²) in [5.74, 6) is 8.65. The van der Waals surface area contributed by atoms with Crippen molar-refractivity contribution in [2.75, 3.05) is 30.5 Å². The topological polar surface area (TPSA) is 85.1 Å². The molecular weight excluding hydrogens is 254 g/mol. The fourth-order valence-corrected chi connectivity index (χ4v) is 1.99. The lowest BCUT2D eigenvalue weighted by Gasteiger charge is -2.13. The van der Waals surface area contributed by atoms with Gasteiger partial charge in [0.25, 0.3) is 0 Å². The molecule has 0 aromatic carbocycles. The first-order chi connectivity index (χ1) is 9.74. The summed E-state index contributed by atoms with van der Waals surface area (Å²) >= 11 is 0. The normalized spacial score (nSPS) is 14.3. The van der Waals surface area contributed by atoms with Crippen molar-refractivity contribution >= 4 is 11.6 Å². The lowest BCUT2D eigenvalue weighted by molar-refractivity contribution is 0.134. The van der Waals surface area contributed by atoms with E-state index < -0.39 is 0 Å². The van der Waals surface area contributed by atoms with E-state index in [1.807, 2.05) is 6.92 Å². The second-order valence-electron chi connectivity index (χ2n) is 5.30. The first-order valence-corrected chi connectivity index (χ1v) is 7.40. The Kier molecular flexibility index (Phi) is 5.55. The van der Waals surface area contributed by atoms with Crippen LogP contribution in [0.15, 0.2) is 0 Å². The Morgan fingerprint density at radius 3 is 2.70 bits per heavy atom. The Hall–Kier alpha value is -1.40. The molecule has 4 N–H and O–H groups in total. The van der Waals surface area contributed by atoms with Crippen LogP contribution in [-0.4, -0.2) is 29.7 Å². The van der Waals surface area contributed by atoms with Gasteiger partial charge in [-0.3, -0.25) is 0 Å². The van der Waals surface area contributed by atoms with Crippen LogP contribution in [0.3, 0.4) is 0 Å². The largest absolute Gasteiger partial charge is 0.379 e. The first-order valence-electron chi connectivity index (χ1n) is 7.40. The standard InChI is InChI=1S/C14H25N5O/c1-3-4-12-17-13(10(2)14(18-12)19-15)16-7-8-20-9-11-5-6-11/h11H,3-9,15H2,1-2H3,(H2,16,17,18,19). The van der Waals surface area contributed by atoms with Crippen LogP contribution < -0.4 is 16.6 Å². The van der Waals surface area contributed by atoms with E-state index >= 15 is 0 Å². The molecule has 0 spiro atoms. The number of nitrogen functional groups attached to an aromatic ring is 1. The summed E-state index contributed by atoms with van der Waals surface area (Å²) in [5.41, 5.74) is 3.58. The van der Waals surface area contributed by atoms with E-state index in [1.54, 1.807) is 0 Å². The van der Waals surface area contributed by atoms with Gasteiger partial charge in [-0.2, -0.15) is 0 Å². The third-order valence-corrected chi connectivity index (χ3v) is 3.39. The number of anilines is 2. The van der Waals surface area contributed by atoms with Crippen molar-refractivity contribution in [1.29, 1.82) is 0 Å². The van der Waals surface area contributed by atoms with Crippen LogP contribution in [0.5, 0.6) is 0 Å². The molecule has 0 radical (unpaired) electrons. The molecule has 1 aliphatic carbocycles. The third kappa shape index (κ3) is 4.31. The maximum Gasteiger partial charge on any atom is 0.148 e. The number of aromatic nitrogens is 2. The van der Waals surface area contributed by atoms with Crippen LogP contribution in [0, 0.1) is 12.8 Å². The zero-order valence-electron chi connectivity index (χ0n) is 12.4. The number of rotatable bonds is 9. The van der Waals surface area contributed by atoms with E-state index in [4.69, 9.17) is 10.6 Å². The Morgan fingerprint density at radius 1 is 1.30 bits per heavy atom. The molecule has 6 nitrogen and oxygen atoms in total. The smallest absolute Gasteiger partial charge is 0.148 e. The number of ether oxygens (including phenoxy) is 1. The Balaban J connectivity index is 1.88. The number of hydrazine groups is 1. The fraction of sp³-hybridized carbons (Fsp3) is 0.714. The molecule has 0 atom stereocenters. The van der Waals surface area contributed by atoms with Gasteiger partial charge in [-0.15, -0.1) is 0 Å². The van der Waals surface area contributed by atoms with E-state index in [0.717, 1.165) is 49.1 Å². The number of nitrogens with one attached hydrogen (secondary N) is 2. The SMILES string of the molecule is CCCc1nc(NN)c(C)c(NCCOCC2CC2)n1. The summed E-state index contributed by atoms with van der Waals surface area (Å²) in [5, 5.41) is 3.31. The van der Waals surface area contributed by atoms with Crippen molar-refractivity contribution in [2.24, 2.45) is 11.8 Å². The highest BCUT2D eigenvalue weighted by Crippen LogP contribution is 2.28. The van der Waals surface area contributed by atoms with Crippen molar-refractivity contribution in [2.45, 2.75) is 39.5 Å². The molecule has 0 amide bonds. The second-order valence-corrected chi connectivity index (χ2v) is 5.30. The quantitative estimate of drug-likeness (QED) is 0.363. The maximum atomic E-state index is 5.61. The summed E-state index contributed by atoms with van der Waals surface area (Å²) < 4.78 is 5.61. The molecule has 1 aromatic heterocycles. The van der Waals surface area contributed by atoms with Gasteiger partial charge in [-0.05, 0) is 32.1 Å². The molecule has 1 fully saturated rings. The lowest BCUT2D eigenvalue weighted by Crippen LogP contribution is -2.17. The highest BCUT2D eigenvalue weighted by molar-refractivity contribution is 5.56. The molecule has 1 aromatic rings. The molecule has 1 aliphatic rings. The van der Waals surface area contributed by atoms with Gasteiger partial charge in [0.05, 0.1) is 6.61 Å². The van der Waals surface area contributed by atoms with E-state index in [0.29, 0.717) is 12.4 Å². The fourth-order valence-electron chi connectivity index (χ4n) is 1.99. The third-order valence-electron chi connectivity index (χ3n) is 3.39. The molecule has 0 unspecified atom stereocenters. The van der Waals surface area contributed by atoms with Crippen LogP contribution in [0.1, 0.15) is 37.6 Å². The Labute approximate surface area is 120 Å².